The van der Waals surface area contributed by atoms with Crippen molar-refractivity contribution in [1.82, 2.24) is 5.32 Å². The normalized spacial score (nSPS) is 42.2. The van der Waals surface area contributed by atoms with E-state index in [1.165, 1.54) is 6.42 Å². The predicted octanol–water partition coefficient (Wildman–Crippen LogP) is 4.80. The zero-order valence-corrected chi connectivity index (χ0v) is 17.0. The quantitative estimate of drug-likeness (QED) is 0.737. The summed E-state index contributed by atoms with van der Waals surface area (Å²) in [7, 11) is 0. The van der Waals surface area contributed by atoms with Gasteiger partial charge in [-0.15, -0.1) is 0 Å². The molecule has 1 heterocycles. The lowest BCUT2D eigenvalue weighted by atomic mass is 9.52. The van der Waals surface area contributed by atoms with Gasteiger partial charge in [-0.2, -0.15) is 0 Å². The van der Waals surface area contributed by atoms with Crippen LogP contribution < -0.4 is 5.32 Å². The van der Waals surface area contributed by atoms with Crippen LogP contribution in [0.2, 0.25) is 0 Å². The van der Waals surface area contributed by atoms with Crippen molar-refractivity contribution < 1.29 is 9.59 Å². The monoisotopic (exact) mass is 357 g/mol. The molecule has 0 unspecified atom stereocenters. The molecule has 1 amide bonds. The summed E-state index contributed by atoms with van der Waals surface area (Å²) in [6, 6.07) is 0.349. The van der Waals surface area contributed by atoms with Crippen molar-refractivity contribution in [3.8, 4) is 0 Å². The number of piperidine rings is 1. The Hall–Kier alpha value is -1.12. The van der Waals surface area contributed by atoms with Crippen LogP contribution in [0.4, 0.5) is 0 Å². The third-order valence-electron chi connectivity index (χ3n) is 8.42. The molecule has 0 bridgehead atoms. The highest BCUT2D eigenvalue weighted by molar-refractivity contribution is 5.83. The fourth-order valence-corrected chi connectivity index (χ4v) is 7.01. The highest BCUT2D eigenvalue weighted by Gasteiger charge is 2.56. The Balaban J connectivity index is 1.65. The maximum Gasteiger partial charge on any atom is 0.220 e. The number of hydrogen-bond donors (Lipinski definition) is 1. The minimum Gasteiger partial charge on any atom is -0.353 e. The van der Waals surface area contributed by atoms with E-state index in [0.717, 1.165) is 44.9 Å². The highest BCUT2D eigenvalue weighted by Crippen LogP contribution is 2.62. The molecule has 0 radical (unpaired) electrons. The van der Waals surface area contributed by atoms with Crippen LogP contribution in [-0.4, -0.2) is 17.7 Å². The molecule has 0 aromatic rings. The fraction of sp³-hybridized carbons (Fsp3) is 0.826. The number of carbonyl (C=O) groups is 2. The lowest BCUT2D eigenvalue weighted by Crippen LogP contribution is -2.57. The second-order valence-electron chi connectivity index (χ2n) is 10.3. The summed E-state index contributed by atoms with van der Waals surface area (Å²) >= 11 is 0. The molecule has 5 atom stereocenters. The molecule has 0 aromatic carbocycles. The third-order valence-corrected chi connectivity index (χ3v) is 8.42. The maximum absolute atomic E-state index is 12.9. The van der Waals surface area contributed by atoms with Gasteiger partial charge in [0.2, 0.25) is 5.91 Å². The molecule has 26 heavy (non-hydrogen) atoms. The first-order chi connectivity index (χ1) is 12.3. The van der Waals surface area contributed by atoms with Crippen molar-refractivity contribution >= 4 is 11.7 Å². The molecule has 1 N–H and O–H groups in total. The third kappa shape index (κ3) is 2.60. The van der Waals surface area contributed by atoms with Crippen LogP contribution in [0.15, 0.2) is 11.1 Å². The zero-order valence-electron chi connectivity index (χ0n) is 17.0. The second kappa shape index (κ2) is 6.21. The summed E-state index contributed by atoms with van der Waals surface area (Å²) in [6.07, 6.45) is 9.19. The van der Waals surface area contributed by atoms with E-state index in [1.54, 1.807) is 11.1 Å². The van der Waals surface area contributed by atoms with E-state index in [1.807, 2.05) is 0 Å². The molecular formula is C23H35NO2. The Morgan fingerprint density at radius 1 is 1.12 bits per heavy atom. The molecule has 4 rings (SSSR count). The van der Waals surface area contributed by atoms with Crippen molar-refractivity contribution in [3.05, 3.63) is 11.1 Å². The SMILES string of the molecule is CC(C)CC(=O)[C@H]1CCC2=C3CC[C@H]4NC(=O)CC[C@]4(C)[C@H]3CC[C@@]21C. The molecule has 2 saturated carbocycles. The number of ketones is 1. The fourth-order valence-electron chi connectivity index (χ4n) is 7.01. The molecule has 1 saturated heterocycles. The van der Waals surface area contributed by atoms with Gasteiger partial charge in [0.15, 0.2) is 0 Å². The van der Waals surface area contributed by atoms with Gasteiger partial charge in [-0.3, -0.25) is 9.59 Å². The van der Waals surface area contributed by atoms with Gasteiger partial charge < -0.3 is 5.32 Å². The summed E-state index contributed by atoms with van der Waals surface area (Å²) in [5, 5.41) is 3.29. The van der Waals surface area contributed by atoms with E-state index in [0.29, 0.717) is 30.1 Å². The van der Waals surface area contributed by atoms with Crippen molar-refractivity contribution in [2.24, 2.45) is 28.6 Å². The molecule has 0 aromatic heterocycles. The Morgan fingerprint density at radius 3 is 2.62 bits per heavy atom. The number of hydrogen-bond acceptors (Lipinski definition) is 2. The van der Waals surface area contributed by atoms with Gasteiger partial charge in [0, 0.05) is 24.8 Å². The molecule has 3 fully saturated rings. The first-order valence-electron chi connectivity index (χ1n) is 10.8. The van der Waals surface area contributed by atoms with E-state index < -0.39 is 0 Å². The lowest BCUT2D eigenvalue weighted by molar-refractivity contribution is -0.129. The zero-order chi connectivity index (χ0) is 18.7. The van der Waals surface area contributed by atoms with E-state index in [9.17, 15) is 9.59 Å². The number of carbonyl (C=O) groups excluding carboxylic acids is 2. The summed E-state index contributed by atoms with van der Waals surface area (Å²) in [5.41, 5.74) is 3.66. The molecule has 3 heteroatoms. The molecule has 3 aliphatic carbocycles. The van der Waals surface area contributed by atoms with Crippen molar-refractivity contribution in [1.29, 1.82) is 0 Å². The number of fused-ring (bicyclic) bond motifs is 4. The minimum atomic E-state index is 0.110. The van der Waals surface area contributed by atoms with Crippen LogP contribution in [0, 0.1) is 28.6 Å². The smallest absolute Gasteiger partial charge is 0.220 e. The summed E-state index contributed by atoms with van der Waals surface area (Å²) in [5.74, 6) is 2.05. The standard InChI is InChI=1S/C23H35NO2/c1-14(2)13-19(25)18-7-6-16-15-5-8-20-23(4,12-10-21(26)24-20)17(15)9-11-22(16,18)3/h14,17-18,20H,5-13H2,1-4H3,(H,24,26)/t17-,18+,20+,22-,23+/m0/s1. The van der Waals surface area contributed by atoms with Crippen molar-refractivity contribution in [2.45, 2.75) is 91.5 Å². The molecule has 1 aliphatic heterocycles. The van der Waals surface area contributed by atoms with Gasteiger partial charge in [0.05, 0.1) is 0 Å². The van der Waals surface area contributed by atoms with E-state index >= 15 is 0 Å². The predicted molar refractivity (Wildman–Crippen MR) is 104 cm³/mol. The van der Waals surface area contributed by atoms with Crippen LogP contribution in [0.1, 0.15) is 85.5 Å². The van der Waals surface area contributed by atoms with E-state index in [4.69, 9.17) is 0 Å². The van der Waals surface area contributed by atoms with Gasteiger partial charge in [-0.1, -0.05) is 38.8 Å². The first kappa shape index (κ1) is 18.3. The van der Waals surface area contributed by atoms with E-state index in [2.05, 4.69) is 33.0 Å². The Bertz CT molecular complexity index is 663. The Labute approximate surface area is 158 Å². The molecular weight excluding hydrogens is 322 g/mol. The van der Waals surface area contributed by atoms with Crippen molar-refractivity contribution in [2.75, 3.05) is 0 Å². The topological polar surface area (TPSA) is 46.2 Å². The number of rotatable bonds is 3. The number of amides is 1. The van der Waals surface area contributed by atoms with Crippen LogP contribution in [-0.2, 0) is 9.59 Å². The first-order valence-corrected chi connectivity index (χ1v) is 10.8. The van der Waals surface area contributed by atoms with Crippen LogP contribution in [0.5, 0.6) is 0 Å². The second-order valence-corrected chi connectivity index (χ2v) is 10.3. The van der Waals surface area contributed by atoms with Crippen LogP contribution in [0.3, 0.4) is 0 Å². The summed E-state index contributed by atoms with van der Waals surface area (Å²) in [6.45, 7) is 9.12. The maximum atomic E-state index is 12.9. The van der Waals surface area contributed by atoms with Gasteiger partial charge >= 0.3 is 0 Å². The number of Topliss-reactive ketones (excluding diaryl/α,β-unsaturated/α-hetero) is 1. The molecule has 4 aliphatic rings. The average Bonchev–Trinajstić information content (AvgIpc) is 2.92. The number of nitrogens with one attached hydrogen (secondary N) is 1. The Morgan fingerprint density at radius 2 is 1.88 bits per heavy atom. The van der Waals surface area contributed by atoms with Gasteiger partial charge in [0.25, 0.3) is 0 Å². The molecule has 0 spiro atoms. The van der Waals surface area contributed by atoms with Gasteiger partial charge in [-0.05, 0) is 67.6 Å². The van der Waals surface area contributed by atoms with Crippen LogP contribution in [0.25, 0.3) is 0 Å². The largest absolute Gasteiger partial charge is 0.353 e. The minimum absolute atomic E-state index is 0.110. The lowest BCUT2D eigenvalue weighted by Gasteiger charge is -2.55. The van der Waals surface area contributed by atoms with Gasteiger partial charge in [0.1, 0.15) is 5.78 Å². The number of allylic oxidation sites excluding steroid dienone is 2. The Kier molecular flexibility index (Phi) is 4.36. The highest BCUT2D eigenvalue weighted by atomic mass is 16.1. The van der Waals surface area contributed by atoms with E-state index in [-0.39, 0.29) is 22.7 Å². The summed E-state index contributed by atoms with van der Waals surface area (Å²) in [4.78, 5) is 24.8. The van der Waals surface area contributed by atoms with Crippen LogP contribution >= 0.6 is 0 Å². The molecule has 3 nitrogen and oxygen atoms in total. The summed E-state index contributed by atoms with van der Waals surface area (Å²) < 4.78 is 0. The average molecular weight is 358 g/mol. The molecule has 144 valence electrons. The van der Waals surface area contributed by atoms with Gasteiger partial charge in [-0.25, -0.2) is 0 Å². The van der Waals surface area contributed by atoms with Crippen molar-refractivity contribution in [3.63, 3.8) is 0 Å².